The van der Waals surface area contributed by atoms with Crippen molar-refractivity contribution < 1.29 is 5.11 Å². The van der Waals surface area contributed by atoms with Crippen molar-refractivity contribution in [1.82, 2.24) is 19.9 Å². The summed E-state index contributed by atoms with van der Waals surface area (Å²) in [5.41, 5.74) is 2.64. The van der Waals surface area contributed by atoms with E-state index in [4.69, 9.17) is 0 Å². The van der Waals surface area contributed by atoms with Crippen LogP contribution >= 0.6 is 11.8 Å². The summed E-state index contributed by atoms with van der Waals surface area (Å²) < 4.78 is 0. The highest BCUT2D eigenvalue weighted by Gasteiger charge is 2.11. The molecule has 2 aromatic heterocycles. The van der Waals surface area contributed by atoms with Crippen LogP contribution in [0.1, 0.15) is 12.5 Å². The number of benzene rings is 2. The third-order valence-electron chi connectivity index (χ3n) is 4.18. The fraction of sp³-hybridized carbons (Fsp3) is 0.143. The first-order chi connectivity index (χ1) is 14.1. The third-order valence-corrected chi connectivity index (χ3v) is 5.26. The molecule has 4 aromatic rings. The molecule has 0 unspecified atom stereocenters. The molecular formula is C21H20N6OS. The highest BCUT2D eigenvalue weighted by molar-refractivity contribution is 7.99. The molecule has 3 N–H and O–H groups in total. The second-order valence-electron chi connectivity index (χ2n) is 6.40. The number of aromatic nitrogens is 4. The van der Waals surface area contributed by atoms with Gasteiger partial charge in [0, 0.05) is 22.5 Å². The maximum Gasteiger partial charge on any atom is 0.224 e. The summed E-state index contributed by atoms with van der Waals surface area (Å²) in [7, 11) is 0. The van der Waals surface area contributed by atoms with Gasteiger partial charge in [-0.3, -0.25) is 0 Å². The van der Waals surface area contributed by atoms with E-state index in [0.29, 0.717) is 17.4 Å². The lowest BCUT2D eigenvalue weighted by Gasteiger charge is -2.13. The van der Waals surface area contributed by atoms with E-state index in [0.717, 1.165) is 33.0 Å². The zero-order chi connectivity index (χ0) is 20.2. The van der Waals surface area contributed by atoms with Gasteiger partial charge < -0.3 is 15.7 Å². The number of aromatic hydroxyl groups is 1. The summed E-state index contributed by atoms with van der Waals surface area (Å²) in [6, 6.07) is 13.3. The van der Waals surface area contributed by atoms with E-state index >= 15 is 0 Å². The van der Waals surface area contributed by atoms with Crippen LogP contribution in [0.25, 0.3) is 11.0 Å². The van der Waals surface area contributed by atoms with Crippen LogP contribution in [0.3, 0.4) is 0 Å². The SMILES string of the molecule is CCNc1ncc2c(Nc3cc(C)ccc3Sc3ccc(O)cc3)ncnc2n1. The van der Waals surface area contributed by atoms with Gasteiger partial charge in [0.05, 0.1) is 11.1 Å². The predicted molar refractivity (Wildman–Crippen MR) is 116 cm³/mol. The highest BCUT2D eigenvalue weighted by atomic mass is 32.2. The molecule has 0 atom stereocenters. The molecule has 8 heteroatoms. The Balaban J connectivity index is 1.68. The Morgan fingerprint density at radius 3 is 2.66 bits per heavy atom. The van der Waals surface area contributed by atoms with Crippen molar-refractivity contribution in [3.05, 3.63) is 60.6 Å². The Morgan fingerprint density at radius 2 is 1.86 bits per heavy atom. The van der Waals surface area contributed by atoms with Crippen LogP contribution < -0.4 is 10.6 Å². The molecule has 146 valence electrons. The zero-order valence-electron chi connectivity index (χ0n) is 16.0. The second-order valence-corrected chi connectivity index (χ2v) is 7.52. The number of hydrogen-bond acceptors (Lipinski definition) is 8. The molecule has 29 heavy (non-hydrogen) atoms. The standard InChI is InChI=1S/C21H20N6OS/c1-3-22-21-23-11-16-19(24-12-25-20(16)27-21)26-17-10-13(2)4-9-18(17)29-15-7-5-14(28)6-8-15/h4-12,28H,3H2,1-2H3,(H2,22,23,24,25,26,27). The summed E-state index contributed by atoms with van der Waals surface area (Å²) >= 11 is 1.61. The van der Waals surface area contributed by atoms with Crippen LogP contribution in [0.4, 0.5) is 17.5 Å². The van der Waals surface area contributed by atoms with E-state index in [1.54, 1.807) is 30.1 Å². The van der Waals surface area contributed by atoms with Gasteiger partial charge in [0.25, 0.3) is 0 Å². The first-order valence-electron chi connectivity index (χ1n) is 9.18. The summed E-state index contributed by atoms with van der Waals surface area (Å²) in [6.07, 6.45) is 3.22. The van der Waals surface area contributed by atoms with Crippen LogP contribution in [0.5, 0.6) is 5.75 Å². The monoisotopic (exact) mass is 404 g/mol. The van der Waals surface area contributed by atoms with Crippen LogP contribution in [0.15, 0.2) is 64.8 Å². The van der Waals surface area contributed by atoms with Crippen molar-refractivity contribution in [3.8, 4) is 5.75 Å². The van der Waals surface area contributed by atoms with Crippen molar-refractivity contribution in [3.63, 3.8) is 0 Å². The summed E-state index contributed by atoms with van der Waals surface area (Å²) in [5, 5.41) is 16.8. The van der Waals surface area contributed by atoms with E-state index in [2.05, 4.69) is 48.8 Å². The van der Waals surface area contributed by atoms with Gasteiger partial charge in [-0.15, -0.1) is 0 Å². The Bertz CT molecular complexity index is 1150. The van der Waals surface area contributed by atoms with Gasteiger partial charge >= 0.3 is 0 Å². The molecule has 0 amide bonds. The lowest BCUT2D eigenvalue weighted by molar-refractivity contribution is 0.475. The van der Waals surface area contributed by atoms with Gasteiger partial charge in [-0.1, -0.05) is 17.8 Å². The molecule has 0 saturated heterocycles. The van der Waals surface area contributed by atoms with Crippen LogP contribution in [-0.4, -0.2) is 31.6 Å². The fourth-order valence-corrected chi connectivity index (χ4v) is 3.67. The molecule has 2 aromatic carbocycles. The lowest BCUT2D eigenvalue weighted by Crippen LogP contribution is -2.04. The van der Waals surface area contributed by atoms with Gasteiger partial charge in [0.2, 0.25) is 5.95 Å². The van der Waals surface area contributed by atoms with E-state index in [9.17, 15) is 5.11 Å². The number of phenols is 1. The number of hydrogen-bond donors (Lipinski definition) is 3. The number of nitrogens with zero attached hydrogens (tertiary/aromatic N) is 4. The number of nitrogens with one attached hydrogen (secondary N) is 2. The molecule has 0 aliphatic heterocycles. The summed E-state index contributed by atoms with van der Waals surface area (Å²) in [5.74, 6) is 1.45. The molecule has 0 saturated carbocycles. The van der Waals surface area contributed by atoms with Gasteiger partial charge in [0.1, 0.15) is 17.9 Å². The molecule has 2 heterocycles. The average Bonchev–Trinajstić information content (AvgIpc) is 2.72. The topological polar surface area (TPSA) is 95.9 Å². The smallest absolute Gasteiger partial charge is 0.224 e. The van der Waals surface area contributed by atoms with E-state index in [1.807, 2.05) is 26.0 Å². The quantitative estimate of drug-likeness (QED) is 0.423. The molecule has 0 fully saturated rings. The molecule has 4 rings (SSSR count). The van der Waals surface area contributed by atoms with Gasteiger partial charge in [-0.2, -0.15) is 4.98 Å². The maximum atomic E-state index is 9.51. The largest absolute Gasteiger partial charge is 0.508 e. The maximum absolute atomic E-state index is 9.51. The molecule has 0 aliphatic carbocycles. The van der Waals surface area contributed by atoms with Gasteiger partial charge in [-0.25, -0.2) is 15.0 Å². The minimum atomic E-state index is 0.251. The van der Waals surface area contributed by atoms with Crippen molar-refractivity contribution in [2.24, 2.45) is 0 Å². The number of fused-ring (bicyclic) bond motifs is 1. The zero-order valence-corrected chi connectivity index (χ0v) is 16.9. The Kier molecular flexibility index (Phi) is 5.44. The Labute approximate surface area is 172 Å². The predicted octanol–water partition coefficient (Wildman–Crippen LogP) is 4.76. The Hall–Kier alpha value is -3.39. The minimum absolute atomic E-state index is 0.251. The van der Waals surface area contributed by atoms with Crippen LogP contribution in [0.2, 0.25) is 0 Å². The van der Waals surface area contributed by atoms with E-state index < -0.39 is 0 Å². The minimum Gasteiger partial charge on any atom is -0.508 e. The number of anilines is 3. The van der Waals surface area contributed by atoms with Crippen molar-refractivity contribution >= 4 is 40.2 Å². The second kappa shape index (κ2) is 8.32. The van der Waals surface area contributed by atoms with E-state index in [-0.39, 0.29) is 5.75 Å². The Morgan fingerprint density at radius 1 is 1.03 bits per heavy atom. The van der Waals surface area contributed by atoms with Crippen LogP contribution in [-0.2, 0) is 0 Å². The van der Waals surface area contributed by atoms with Crippen molar-refractivity contribution in [1.29, 1.82) is 0 Å². The normalized spacial score (nSPS) is 10.8. The van der Waals surface area contributed by atoms with Gasteiger partial charge in [0.15, 0.2) is 5.65 Å². The lowest BCUT2D eigenvalue weighted by atomic mass is 10.2. The summed E-state index contributed by atoms with van der Waals surface area (Å²) in [6.45, 7) is 4.78. The number of rotatable bonds is 6. The molecule has 0 aliphatic rings. The molecule has 7 nitrogen and oxygen atoms in total. The first kappa shape index (κ1) is 18.9. The van der Waals surface area contributed by atoms with E-state index in [1.165, 1.54) is 6.33 Å². The molecule has 0 bridgehead atoms. The molecule has 0 spiro atoms. The van der Waals surface area contributed by atoms with Crippen LogP contribution in [0, 0.1) is 6.92 Å². The average molecular weight is 404 g/mol. The molecule has 0 radical (unpaired) electrons. The fourth-order valence-electron chi connectivity index (χ4n) is 2.79. The van der Waals surface area contributed by atoms with Gasteiger partial charge in [-0.05, 0) is 55.8 Å². The van der Waals surface area contributed by atoms with Crippen molar-refractivity contribution in [2.75, 3.05) is 17.2 Å². The molecular weight excluding hydrogens is 384 g/mol. The van der Waals surface area contributed by atoms with Crippen molar-refractivity contribution in [2.45, 2.75) is 23.6 Å². The first-order valence-corrected chi connectivity index (χ1v) is 10.00. The number of phenolic OH excluding ortho intramolecular Hbond substituents is 1. The summed E-state index contributed by atoms with van der Waals surface area (Å²) in [4.78, 5) is 19.5. The third kappa shape index (κ3) is 4.38. The highest BCUT2D eigenvalue weighted by Crippen LogP contribution is 2.36. The number of aryl methyl sites for hydroxylation is 1.